The highest BCUT2D eigenvalue weighted by Crippen LogP contribution is 2.25. The number of benzene rings is 2. The Bertz CT molecular complexity index is 1210. The first-order valence-electron chi connectivity index (χ1n) is 11.1. The molecule has 2 heterocycles. The van der Waals surface area contributed by atoms with E-state index in [-0.39, 0.29) is 17.4 Å². The molecule has 0 fully saturated rings. The van der Waals surface area contributed by atoms with Gasteiger partial charge in [0.2, 0.25) is 0 Å². The van der Waals surface area contributed by atoms with Gasteiger partial charge in [-0.15, -0.1) is 0 Å². The summed E-state index contributed by atoms with van der Waals surface area (Å²) in [7, 11) is 0. The van der Waals surface area contributed by atoms with Gasteiger partial charge >= 0.3 is 0 Å². The maximum atomic E-state index is 13.3. The number of nitrogens with zero attached hydrogens (tertiary/aromatic N) is 3. The van der Waals surface area contributed by atoms with E-state index in [1.54, 1.807) is 4.52 Å². The second kappa shape index (κ2) is 8.95. The summed E-state index contributed by atoms with van der Waals surface area (Å²) in [6, 6.07) is 24.1. The third-order valence-corrected chi connectivity index (χ3v) is 5.58. The van der Waals surface area contributed by atoms with Crippen LogP contribution in [0.3, 0.4) is 0 Å². The molecule has 0 radical (unpaired) electrons. The van der Waals surface area contributed by atoms with E-state index in [2.05, 4.69) is 38.2 Å². The molecule has 164 valence electrons. The molecule has 5 nitrogen and oxygen atoms in total. The summed E-state index contributed by atoms with van der Waals surface area (Å²) in [6.07, 6.45) is 1.78. The molecular formula is C27H30N4O. The number of aryl methyl sites for hydroxylation is 1. The van der Waals surface area contributed by atoms with Gasteiger partial charge in [0.1, 0.15) is 5.69 Å². The van der Waals surface area contributed by atoms with Crippen LogP contribution in [0, 0.1) is 0 Å². The fourth-order valence-corrected chi connectivity index (χ4v) is 3.66. The fraction of sp³-hybridized carbons (Fsp3) is 0.296. The highest BCUT2D eigenvalue weighted by molar-refractivity contribution is 5.94. The van der Waals surface area contributed by atoms with Crippen LogP contribution in [0.5, 0.6) is 0 Å². The second-order valence-corrected chi connectivity index (χ2v) is 9.34. The van der Waals surface area contributed by atoms with Gasteiger partial charge in [-0.05, 0) is 31.4 Å². The molecule has 0 unspecified atom stereocenters. The van der Waals surface area contributed by atoms with Gasteiger partial charge in [0.15, 0.2) is 5.65 Å². The molecule has 2 aromatic carbocycles. The van der Waals surface area contributed by atoms with Gasteiger partial charge in [0.25, 0.3) is 5.91 Å². The monoisotopic (exact) mass is 426 g/mol. The van der Waals surface area contributed by atoms with E-state index in [1.807, 2.05) is 67.6 Å². The molecule has 0 aliphatic carbocycles. The van der Waals surface area contributed by atoms with Crippen LogP contribution < -0.4 is 5.32 Å². The van der Waals surface area contributed by atoms with Crippen LogP contribution >= 0.6 is 0 Å². The SMILES string of the molecule is C[C@H](CCc1ccccc1)NC(=O)c1cc(-c2ccccc2)nc2cc(C(C)(C)C)nn12. The van der Waals surface area contributed by atoms with Crippen LogP contribution in [-0.2, 0) is 11.8 Å². The number of aromatic nitrogens is 3. The van der Waals surface area contributed by atoms with Crippen molar-refractivity contribution in [1.82, 2.24) is 19.9 Å². The molecule has 4 aromatic rings. The molecule has 0 spiro atoms. The van der Waals surface area contributed by atoms with E-state index in [0.717, 1.165) is 29.8 Å². The fourth-order valence-electron chi connectivity index (χ4n) is 3.66. The van der Waals surface area contributed by atoms with Crippen molar-refractivity contribution in [3.8, 4) is 11.3 Å². The summed E-state index contributed by atoms with van der Waals surface area (Å²) in [6.45, 7) is 8.37. The lowest BCUT2D eigenvalue weighted by Crippen LogP contribution is -2.34. The minimum atomic E-state index is -0.142. The van der Waals surface area contributed by atoms with Crippen LogP contribution in [0.2, 0.25) is 0 Å². The van der Waals surface area contributed by atoms with Crippen molar-refractivity contribution in [2.24, 2.45) is 0 Å². The first-order chi connectivity index (χ1) is 15.3. The van der Waals surface area contributed by atoms with Crippen molar-refractivity contribution >= 4 is 11.6 Å². The highest BCUT2D eigenvalue weighted by atomic mass is 16.2. The van der Waals surface area contributed by atoms with Gasteiger partial charge in [-0.1, -0.05) is 81.4 Å². The zero-order valence-electron chi connectivity index (χ0n) is 19.2. The zero-order chi connectivity index (χ0) is 22.7. The third kappa shape index (κ3) is 4.88. The van der Waals surface area contributed by atoms with Crippen LogP contribution in [0.1, 0.15) is 55.9 Å². The van der Waals surface area contributed by atoms with Gasteiger partial charge < -0.3 is 5.32 Å². The quantitative estimate of drug-likeness (QED) is 0.446. The Balaban J connectivity index is 1.64. The summed E-state index contributed by atoms with van der Waals surface area (Å²) in [4.78, 5) is 18.1. The molecule has 1 N–H and O–H groups in total. The van der Waals surface area contributed by atoms with Crippen LogP contribution in [-0.4, -0.2) is 26.5 Å². The van der Waals surface area contributed by atoms with E-state index in [9.17, 15) is 4.79 Å². The minimum absolute atomic E-state index is 0.0312. The first-order valence-corrected chi connectivity index (χ1v) is 11.1. The molecule has 32 heavy (non-hydrogen) atoms. The molecule has 0 saturated heterocycles. The largest absolute Gasteiger partial charge is 0.348 e. The topological polar surface area (TPSA) is 59.3 Å². The average Bonchev–Trinajstić information content (AvgIpc) is 3.23. The number of carbonyl (C=O) groups is 1. The number of amides is 1. The lowest BCUT2D eigenvalue weighted by molar-refractivity contribution is 0.0930. The van der Waals surface area contributed by atoms with Crippen LogP contribution in [0.4, 0.5) is 0 Å². The van der Waals surface area contributed by atoms with Crippen molar-refractivity contribution < 1.29 is 4.79 Å². The summed E-state index contributed by atoms with van der Waals surface area (Å²) in [5.74, 6) is -0.140. The van der Waals surface area contributed by atoms with E-state index in [1.165, 1.54) is 5.56 Å². The molecule has 1 atom stereocenters. The van der Waals surface area contributed by atoms with Crippen molar-refractivity contribution in [3.63, 3.8) is 0 Å². The summed E-state index contributed by atoms with van der Waals surface area (Å²) < 4.78 is 1.67. The van der Waals surface area contributed by atoms with Gasteiger partial charge in [0.05, 0.1) is 11.4 Å². The molecule has 0 bridgehead atoms. The number of rotatable bonds is 6. The standard InChI is InChI=1S/C27H30N4O/c1-19(15-16-20-11-7-5-8-12-20)28-26(32)23-17-22(21-13-9-6-10-14-21)29-25-18-24(27(2,3)4)30-31(23)25/h5-14,17-19H,15-16H2,1-4H3,(H,28,32)/t19-/m1/s1. The lowest BCUT2D eigenvalue weighted by Gasteiger charge is -2.15. The molecule has 2 aromatic heterocycles. The normalized spacial score (nSPS) is 12.6. The smallest absolute Gasteiger partial charge is 0.270 e. The summed E-state index contributed by atoms with van der Waals surface area (Å²) in [5, 5.41) is 7.89. The minimum Gasteiger partial charge on any atom is -0.348 e. The lowest BCUT2D eigenvalue weighted by atomic mass is 9.93. The van der Waals surface area contributed by atoms with Crippen molar-refractivity contribution in [1.29, 1.82) is 0 Å². The van der Waals surface area contributed by atoms with Gasteiger partial charge in [-0.25, -0.2) is 9.50 Å². The van der Waals surface area contributed by atoms with Crippen molar-refractivity contribution in [2.45, 2.75) is 52.0 Å². The molecule has 0 saturated carbocycles. The second-order valence-electron chi connectivity index (χ2n) is 9.34. The predicted octanol–water partition coefficient (Wildman–Crippen LogP) is 5.44. The Morgan fingerprint density at radius 2 is 1.66 bits per heavy atom. The molecule has 0 aliphatic heterocycles. The number of hydrogen-bond donors (Lipinski definition) is 1. The average molecular weight is 427 g/mol. The van der Waals surface area contributed by atoms with Crippen LogP contribution in [0.15, 0.2) is 72.8 Å². The van der Waals surface area contributed by atoms with E-state index in [4.69, 9.17) is 10.1 Å². The maximum Gasteiger partial charge on any atom is 0.270 e. The third-order valence-electron chi connectivity index (χ3n) is 5.58. The summed E-state index contributed by atoms with van der Waals surface area (Å²) in [5.41, 5.74) is 4.95. The van der Waals surface area contributed by atoms with Crippen molar-refractivity contribution in [2.75, 3.05) is 0 Å². The summed E-state index contributed by atoms with van der Waals surface area (Å²) >= 11 is 0. The van der Waals surface area contributed by atoms with E-state index < -0.39 is 0 Å². The zero-order valence-corrected chi connectivity index (χ0v) is 19.2. The van der Waals surface area contributed by atoms with E-state index in [0.29, 0.717) is 11.3 Å². The molecule has 1 amide bonds. The Morgan fingerprint density at radius 1 is 1.00 bits per heavy atom. The molecular weight excluding hydrogens is 396 g/mol. The predicted molar refractivity (Wildman–Crippen MR) is 129 cm³/mol. The van der Waals surface area contributed by atoms with E-state index >= 15 is 0 Å². The Hall–Kier alpha value is -3.47. The first kappa shape index (κ1) is 21.8. The number of nitrogens with one attached hydrogen (secondary N) is 1. The molecule has 5 heteroatoms. The van der Waals surface area contributed by atoms with Gasteiger partial charge in [-0.3, -0.25) is 4.79 Å². The van der Waals surface area contributed by atoms with Gasteiger partial charge in [-0.2, -0.15) is 5.10 Å². The Labute approximate surface area is 189 Å². The highest BCUT2D eigenvalue weighted by Gasteiger charge is 2.22. The number of fused-ring (bicyclic) bond motifs is 1. The number of carbonyl (C=O) groups excluding carboxylic acids is 1. The van der Waals surface area contributed by atoms with Crippen LogP contribution in [0.25, 0.3) is 16.9 Å². The molecule has 4 rings (SSSR count). The van der Waals surface area contributed by atoms with Crippen molar-refractivity contribution in [3.05, 3.63) is 89.7 Å². The Morgan fingerprint density at radius 3 is 2.31 bits per heavy atom. The molecule has 0 aliphatic rings. The van der Waals surface area contributed by atoms with Gasteiger partial charge in [0, 0.05) is 23.1 Å². The maximum absolute atomic E-state index is 13.3. The Kier molecular flexibility index (Phi) is 6.08. The number of hydrogen-bond acceptors (Lipinski definition) is 3.